The number of benzene rings is 2. The molecule has 0 unspecified atom stereocenters. The molecule has 0 aliphatic rings. The van der Waals surface area contributed by atoms with Crippen LogP contribution in [0.15, 0.2) is 53.7 Å². The molecule has 0 atom stereocenters. The molecule has 0 aliphatic carbocycles. The maximum Gasteiger partial charge on any atom is 0.234 e. The van der Waals surface area contributed by atoms with Gasteiger partial charge in [0.25, 0.3) is 0 Å². The Hall–Kier alpha value is -2.67. The fourth-order valence-corrected chi connectivity index (χ4v) is 3.09. The van der Waals surface area contributed by atoms with Gasteiger partial charge in [-0.25, -0.2) is 0 Å². The van der Waals surface area contributed by atoms with E-state index < -0.39 is 0 Å². The third-order valence-electron chi connectivity index (χ3n) is 3.91. The second-order valence-electron chi connectivity index (χ2n) is 6.32. The number of tetrazole rings is 1. The fourth-order valence-electron chi connectivity index (χ4n) is 2.40. The molecule has 0 saturated carbocycles. The first-order chi connectivity index (χ1) is 12.5. The highest BCUT2D eigenvalue weighted by Gasteiger charge is 2.12. The van der Waals surface area contributed by atoms with Crippen molar-refractivity contribution in [2.75, 3.05) is 11.1 Å². The molecule has 3 aromatic rings. The smallest absolute Gasteiger partial charge is 0.234 e. The van der Waals surface area contributed by atoms with Crippen LogP contribution in [-0.4, -0.2) is 31.9 Å². The van der Waals surface area contributed by atoms with E-state index in [2.05, 4.69) is 34.7 Å². The van der Waals surface area contributed by atoms with Gasteiger partial charge in [-0.15, -0.1) is 5.10 Å². The van der Waals surface area contributed by atoms with Gasteiger partial charge >= 0.3 is 0 Å². The monoisotopic (exact) mass is 367 g/mol. The van der Waals surface area contributed by atoms with Crippen molar-refractivity contribution in [1.82, 2.24) is 20.2 Å². The summed E-state index contributed by atoms with van der Waals surface area (Å²) in [5.41, 5.74) is 4.07. The van der Waals surface area contributed by atoms with Gasteiger partial charge in [-0.05, 0) is 53.1 Å². The van der Waals surface area contributed by atoms with Crippen molar-refractivity contribution in [2.45, 2.75) is 31.8 Å². The van der Waals surface area contributed by atoms with Crippen LogP contribution in [0.5, 0.6) is 0 Å². The number of nitrogens with zero attached hydrogens (tertiary/aromatic N) is 4. The van der Waals surface area contributed by atoms with Gasteiger partial charge in [0.05, 0.1) is 11.4 Å². The lowest BCUT2D eigenvalue weighted by Crippen LogP contribution is -2.14. The van der Waals surface area contributed by atoms with E-state index in [1.165, 1.54) is 22.9 Å². The first-order valence-electron chi connectivity index (χ1n) is 8.41. The van der Waals surface area contributed by atoms with Gasteiger partial charge in [0.2, 0.25) is 11.1 Å². The summed E-state index contributed by atoms with van der Waals surface area (Å²) in [5, 5.41) is 15.2. The molecule has 0 spiro atoms. The zero-order valence-electron chi connectivity index (χ0n) is 15.0. The number of aromatic nitrogens is 4. The van der Waals surface area contributed by atoms with Crippen LogP contribution in [-0.2, 0) is 4.79 Å². The van der Waals surface area contributed by atoms with Gasteiger partial charge < -0.3 is 5.32 Å². The maximum atomic E-state index is 12.2. The van der Waals surface area contributed by atoms with Crippen LogP contribution in [0.4, 0.5) is 5.69 Å². The maximum absolute atomic E-state index is 12.2. The molecule has 6 nitrogen and oxygen atoms in total. The molecule has 0 radical (unpaired) electrons. The van der Waals surface area contributed by atoms with E-state index in [-0.39, 0.29) is 11.7 Å². The van der Waals surface area contributed by atoms with Gasteiger partial charge in [-0.3, -0.25) is 4.79 Å². The van der Waals surface area contributed by atoms with E-state index in [4.69, 9.17) is 0 Å². The number of rotatable bonds is 6. The first kappa shape index (κ1) is 18.1. The third-order valence-corrected chi connectivity index (χ3v) is 4.83. The predicted octanol–water partition coefficient (Wildman–Crippen LogP) is 3.82. The molecule has 0 saturated heterocycles. The van der Waals surface area contributed by atoms with Crippen molar-refractivity contribution in [2.24, 2.45) is 0 Å². The normalized spacial score (nSPS) is 10.9. The summed E-state index contributed by atoms with van der Waals surface area (Å²) < 4.78 is 1.63. The number of anilines is 1. The van der Waals surface area contributed by atoms with Crippen LogP contribution in [0.25, 0.3) is 5.69 Å². The second kappa shape index (κ2) is 8.14. The van der Waals surface area contributed by atoms with E-state index in [0.29, 0.717) is 11.1 Å². The van der Waals surface area contributed by atoms with Crippen LogP contribution in [0, 0.1) is 6.92 Å². The number of aryl methyl sites for hydroxylation is 1. The zero-order valence-corrected chi connectivity index (χ0v) is 15.8. The zero-order chi connectivity index (χ0) is 18.5. The van der Waals surface area contributed by atoms with Crippen molar-refractivity contribution in [3.8, 4) is 5.69 Å². The Morgan fingerprint density at radius 2 is 1.81 bits per heavy atom. The SMILES string of the molecule is Cc1ccc(-n2nnnc2SCC(=O)Nc2ccc(C(C)C)cc2)cc1. The molecular weight excluding hydrogens is 346 g/mol. The minimum Gasteiger partial charge on any atom is -0.325 e. The Morgan fingerprint density at radius 1 is 1.12 bits per heavy atom. The first-order valence-corrected chi connectivity index (χ1v) is 9.39. The number of carbonyl (C=O) groups excluding carboxylic acids is 1. The molecule has 2 aromatic carbocycles. The number of nitrogens with one attached hydrogen (secondary N) is 1. The van der Waals surface area contributed by atoms with Gasteiger partial charge in [-0.1, -0.05) is 55.4 Å². The summed E-state index contributed by atoms with van der Waals surface area (Å²) >= 11 is 1.30. The fraction of sp³-hybridized carbons (Fsp3) is 0.263. The van der Waals surface area contributed by atoms with Crippen LogP contribution < -0.4 is 5.32 Å². The van der Waals surface area contributed by atoms with Gasteiger partial charge in [0.15, 0.2) is 0 Å². The third kappa shape index (κ3) is 4.49. The highest BCUT2D eigenvalue weighted by Crippen LogP contribution is 2.20. The molecule has 0 aliphatic heterocycles. The van der Waals surface area contributed by atoms with Crippen molar-refractivity contribution in [3.63, 3.8) is 0 Å². The van der Waals surface area contributed by atoms with E-state index >= 15 is 0 Å². The van der Waals surface area contributed by atoms with Gasteiger partial charge in [0, 0.05) is 5.69 Å². The highest BCUT2D eigenvalue weighted by atomic mass is 32.2. The van der Waals surface area contributed by atoms with Crippen LogP contribution in [0.3, 0.4) is 0 Å². The van der Waals surface area contributed by atoms with E-state index in [0.717, 1.165) is 11.4 Å². The Bertz CT molecular complexity index is 872. The van der Waals surface area contributed by atoms with E-state index in [1.54, 1.807) is 4.68 Å². The quantitative estimate of drug-likeness (QED) is 0.671. The molecular formula is C19H21N5OS. The molecule has 1 amide bonds. The molecule has 7 heteroatoms. The van der Waals surface area contributed by atoms with Crippen molar-refractivity contribution < 1.29 is 4.79 Å². The number of hydrogen-bond acceptors (Lipinski definition) is 5. The second-order valence-corrected chi connectivity index (χ2v) is 7.26. The number of hydrogen-bond donors (Lipinski definition) is 1. The van der Waals surface area contributed by atoms with Gasteiger partial charge in [-0.2, -0.15) is 4.68 Å². The Balaban J connectivity index is 1.60. The largest absolute Gasteiger partial charge is 0.325 e. The average Bonchev–Trinajstić information content (AvgIpc) is 3.09. The van der Waals surface area contributed by atoms with E-state index in [1.807, 2.05) is 55.5 Å². The average molecular weight is 367 g/mol. The minimum absolute atomic E-state index is 0.0919. The van der Waals surface area contributed by atoms with Crippen LogP contribution in [0.2, 0.25) is 0 Å². The van der Waals surface area contributed by atoms with Crippen LogP contribution in [0.1, 0.15) is 30.9 Å². The Labute approximate surface area is 157 Å². The molecule has 1 heterocycles. The molecule has 3 rings (SSSR count). The molecule has 1 aromatic heterocycles. The number of thioether (sulfide) groups is 1. The molecule has 26 heavy (non-hydrogen) atoms. The van der Waals surface area contributed by atoms with Crippen molar-refractivity contribution >= 4 is 23.4 Å². The lowest BCUT2D eigenvalue weighted by Gasteiger charge is -2.08. The minimum atomic E-state index is -0.0919. The Morgan fingerprint density at radius 3 is 2.46 bits per heavy atom. The van der Waals surface area contributed by atoms with Crippen molar-refractivity contribution in [3.05, 3.63) is 59.7 Å². The molecule has 1 N–H and O–H groups in total. The van der Waals surface area contributed by atoms with Crippen LogP contribution >= 0.6 is 11.8 Å². The summed E-state index contributed by atoms with van der Waals surface area (Å²) in [4.78, 5) is 12.2. The number of amides is 1. The summed E-state index contributed by atoms with van der Waals surface area (Å²) in [6.45, 7) is 6.31. The lowest BCUT2D eigenvalue weighted by molar-refractivity contribution is -0.113. The summed E-state index contributed by atoms with van der Waals surface area (Å²) in [7, 11) is 0. The summed E-state index contributed by atoms with van der Waals surface area (Å²) in [6.07, 6.45) is 0. The van der Waals surface area contributed by atoms with Crippen molar-refractivity contribution in [1.29, 1.82) is 0 Å². The molecule has 0 bridgehead atoms. The number of carbonyl (C=O) groups is 1. The highest BCUT2D eigenvalue weighted by molar-refractivity contribution is 7.99. The molecule has 0 fully saturated rings. The van der Waals surface area contributed by atoms with Gasteiger partial charge in [0.1, 0.15) is 0 Å². The topological polar surface area (TPSA) is 72.7 Å². The summed E-state index contributed by atoms with van der Waals surface area (Å²) in [6, 6.07) is 15.8. The summed E-state index contributed by atoms with van der Waals surface area (Å²) in [5.74, 6) is 0.611. The van der Waals surface area contributed by atoms with E-state index in [9.17, 15) is 4.79 Å². The predicted molar refractivity (Wildman–Crippen MR) is 104 cm³/mol. The molecule has 134 valence electrons. The lowest BCUT2D eigenvalue weighted by atomic mass is 10.0. The standard InChI is InChI=1S/C19H21N5OS/c1-13(2)15-6-8-16(9-7-15)20-18(25)12-26-19-21-22-23-24(19)17-10-4-14(3)5-11-17/h4-11,13H,12H2,1-3H3,(H,20,25). The Kier molecular flexibility index (Phi) is 5.68.